The number of aromatic nitrogens is 2. The van der Waals surface area contributed by atoms with Crippen LogP contribution in [0.1, 0.15) is 5.56 Å². The standard InChI is InChI=1S/C18H14N4O/c1-23-14-4-2-3-13(9-14)15-10-17(12-5-7-21-8-6-12)22-18(20)16(15)11-19/h2-10H,1H3,(H2,20,22). The molecule has 0 atom stereocenters. The molecule has 112 valence electrons. The fourth-order valence-electron chi connectivity index (χ4n) is 2.37. The number of benzene rings is 1. The van der Waals surface area contributed by atoms with Crippen LogP contribution >= 0.6 is 0 Å². The van der Waals surface area contributed by atoms with Crippen LogP contribution in [0.2, 0.25) is 0 Å². The predicted molar refractivity (Wildman–Crippen MR) is 88.6 cm³/mol. The summed E-state index contributed by atoms with van der Waals surface area (Å²) in [5, 5.41) is 9.44. The first-order chi connectivity index (χ1) is 11.2. The van der Waals surface area contributed by atoms with Crippen molar-refractivity contribution < 1.29 is 4.74 Å². The quantitative estimate of drug-likeness (QED) is 0.802. The lowest BCUT2D eigenvalue weighted by molar-refractivity contribution is 0.415. The van der Waals surface area contributed by atoms with Crippen molar-refractivity contribution >= 4 is 5.82 Å². The van der Waals surface area contributed by atoms with Crippen molar-refractivity contribution in [3.63, 3.8) is 0 Å². The second-order valence-corrected chi connectivity index (χ2v) is 4.89. The minimum absolute atomic E-state index is 0.208. The van der Waals surface area contributed by atoms with Crippen LogP contribution in [0.5, 0.6) is 5.75 Å². The van der Waals surface area contributed by atoms with E-state index in [0.29, 0.717) is 17.0 Å². The highest BCUT2D eigenvalue weighted by Gasteiger charge is 2.13. The van der Waals surface area contributed by atoms with Crippen molar-refractivity contribution in [3.05, 3.63) is 60.4 Å². The van der Waals surface area contributed by atoms with Gasteiger partial charge in [0.2, 0.25) is 0 Å². The molecule has 0 saturated heterocycles. The van der Waals surface area contributed by atoms with Crippen LogP contribution in [0.4, 0.5) is 5.82 Å². The van der Waals surface area contributed by atoms with Gasteiger partial charge >= 0.3 is 0 Å². The molecule has 5 heteroatoms. The maximum Gasteiger partial charge on any atom is 0.142 e. The van der Waals surface area contributed by atoms with Gasteiger partial charge in [0.05, 0.1) is 12.8 Å². The molecule has 2 aromatic heterocycles. The summed E-state index contributed by atoms with van der Waals surface area (Å²) in [6.07, 6.45) is 3.38. The van der Waals surface area contributed by atoms with Gasteiger partial charge in [-0.25, -0.2) is 4.98 Å². The predicted octanol–water partition coefficient (Wildman–Crippen LogP) is 3.27. The average molecular weight is 302 g/mol. The van der Waals surface area contributed by atoms with Gasteiger partial charge in [-0.3, -0.25) is 4.98 Å². The van der Waals surface area contributed by atoms with Crippen molar-refractivity contribution in [2.75, 3.05) is 12.8 Å². The molecule has 1 aromatic carbocycles. The molecule has 23 heavy (non-hydrogen) atoms. The topological polar surface area (TPSA) is 84.8 Å². The largest absolute Gasteiger partial charge is 0.497 e. The summed E-state index contributed by atoms with van der Waals surface area (Å²) in [5.74, 6) is 0.923. The molecule has 0 aliphatic rings. The van der Waals surface area contributed by atoms with Gasteiger partial charge in [0.15, 0.2) is 0 Å². The molecule has 5 nitrogen and oxygen atoms in total. The molecule has 0 fully saturated rings. The van der Waals surface area contributed by atoms with Crippen LogP contribution in [0.15, 0.2) is 54.9 Å². The van der Waals surface area contributed by atoms with E-state index in [9.17, 15) is 5.26 Å². The Morgan fingerprint density at radius 3 is 2.57 bits per heavy atom. The van der Waals surface area contributed by atoms with Crippen LogP contribution in [0.25, 0.3) is 22.4 Å². The van der Waals surface area contributed by atoms with Gasteiger partial charge in [-0.1, -0.05) is 12.1 Å². The number of ether oxygens (including phenoxy) is 1. The summed E-state index contributed by atoms with van der Waals surface area (Å²) in [6.45, 7) is 0. The van der Waals surface area contributed by atoms with Crippen LogP contribution in [0, 0.1) is 11.3 Å². The molecule has 3 rings (SSSR count). The Balaban J connectivity index is 2.22. The Labute approximate surface area is 134 Å². The maximum atomic E-state index is 9.44. The number of nitrogen functional groups attached to an aromatic ring is 1. The zero-order valence-corrected chi connectivity index (χ0v) is 12.5. The van der Waals surface area contributed by atoms with E-state index in [1.165, 1.54) is 0 Å². The van der Waals surface area contributed by atoms with Crippen molar-refractivity contribution in [3.8, 4) is 34.2 Å². The fourth-order valence-corrected chi connectivity index (χ4v) is 2.37. The van der Waals surface area contributed by atoms with Gasteiger partial charge < -0.3 is 10.5 Å². The molecule has 2 N–H and O–H groups in total. The van der Waals surface area contributed by atoms with Crippen LogP contribution in [-0.4, -0.2) is 17.1 Å². The average Bonchev–Trinajstić information content (AvgIpc) is 2.61. The Kier molecular flexibility index (Phi) is 3.89. The van der Waals surface area contributed by atoms with E-state index in [4.69, 9.17) is 10.5 Å². The third-order valence-corrected chi connectivity index (χ3v) is 3.52. The van der Waals surface area contributed by atoms with Gasteiger partial charge in [-0.15, -0.1) is 0 Å². The number of rotatable bonds is 3. The summed E-state index contributed by atoms with van der Waals surface area (Å²) >= 11 is 0. The van der Waals surface area contributed by atoms with E-state index in [1.807, 2.05) is 42.5 Å². The Bertz CT molecular complexity index is 885. The number of nitrogens with two attached hydrogens (primary N) is 1. The van der Waals surface area contributed by atoms with Gasteiger partial charge in [-0.05, 0) is 35.9 Å². The number of nitrogens with zero attached hydrogens (tertiary/aromatic N) is 3. The SMILES string of the molecule is COc1cccc(-c2cc(-c3ccncc3)nc(N)c2C#N)c1. The summed E-state index contributed by atoms with van der Waals surface area (Å²) in [5.41, 5.74) is 9.52. The third-order valence-electron chi connectivity index (χ3n) is 3.52. The Morgan fingerprint density at radius 1 is 1.09 bits per heavy atom. The van der Waals surface area contributed by atoms with Crippen molar-refractivity contribution in [1.29, 1.82) is 5.26 Å². The minimum Gasteiger partial charge on any atom is -0.497 e. The number of hydrogen-bond acceptors (Lipinski definition) is 5. The molecular formula is C18H14N4O. The molecule has 0 unspecified atom stereocenters. The lowest BCUT2D eigenvalue weighted by Gasteiger charge is -2.11. The highest BCUT2D eigenvalue weighted by Crippen LogP contribution is 2.32. The lowest BCUT2D eigenvalue weighted by atomic mass is 9.98. The van der Waals surface area contributed by atoms with Crippen molar-refractivity contribution in [1.82, 2.24) is 9.97 Å². The number of methoxy groups -OCH3 is 1. The summed E-state index contributed by atoms with van der Waals surface area (Å²) in [4.78, 5) is 8.34. The van der Waals surface area contributed by atoms with E-state index >= 15 is 0 Å². The Hall–Kier alpha value is -3.39. The number of pyridine rings is 2. The molecule has 0 amide bonds. The van der Waals surface area contributed by atoms with Crippen molar-refractivity contribution in [2.24, 2.45) is 0 Å². The monoisotopic (exact) mass is 302 g/mol. The van der Waals surface area contributed by atoms with E-state index in [-0.39, 0.29) is 5.82 Å². The smallest absolute Gasteiger partial charge is 0.142 e. The molecule has 0 spiro atoms. The van der Waals surface area contributed by atoms with E-state index < -0.39 is 0 Å². The van der Waals surface area contributed by atoms with E-state index in [1.54, 1.807) is 19.5 Å². The second-order valence-electron chi connectivity index (χ2n) is 4.89. The normalized spacial score (nSPS) is 10.1. The molecule has 0 aliphatic carbocycles. The van der Waals surface area contributed by atoms with Crippen molar-refractivity contribution in [2.45, 2.75) is 0 Å². The number of nitriles is 1. The number of hydrogen-bond donors (Lipinski definition) is 1. The zero-order chi connectivity index (χ0) is 16.2. The third kappa shape index (κ3) is 2.83. The zero-order valence-electron chi connectivity index (χ0n) is 12.5. The number of anilines is 1. The van der Waals surface area contributed by atoms with E-state index in [2.05, 4.69) is 16.0 Å². The van der Waals surface area contributed by atoms with E-state index in [0.717, 1.165) is 16.7 Å². The van der Waals surface area contributed by atoms with Gasteiger partial charge in [0.25, 0.3) is 0 Å². The Morgan fingerprint density at radius 2 is 1.87 bits per heavy atom. The summed E-state index contributed by atoms with van der Waals surface area (Å²) in [7, 11) is 1.60. The highest BCUT2D eigenvalue weighted by atomic mass is 16.5. The first-order valence-corrected chi connectivity index (χ1v) is 6.98. The fraction of sp³-hybridized carbons (Fsp3) is 0.0556. The lowest BCUT2D eigenvalue weighted by Crippen LogP contribution is -2.00. The van der Waals surface area contributed by atoms with Crippen LogP contribution < -0.4 is 10.5 Å². The molecule has 0 bridgehead atoms. The first kappa shape index (κ1) is 14.5. The van der Waals surface area contributed by atoms with Gasteiger partial charge in [-0.2, -0.15) is 5.26 Å². The molecule has 0 aliphatic heterocycles. The van der Waals surface area contributed by atoms with Gasteiger partial charge in [0, 0.05) is 23.5 Å². The first-order valence-electron chi connectivity index (χ1n) is 6.98. The highest BCUT2D eigenvalue weighted by molar-refractivity contribution is 5.80. The van der Waals surface area contributed by atoms with Gasteiger partial charge in [0.1, 0.15) is 23.2 Å². The maximum absolute atomic E-state index is 9.44. The minimum atomic E-state index is 0.208. The van der Waals surface area contributed by atoms with Crippen LogP contribution in [-0.2, 0) is 0 Å². The molecule has 3 aromatic rings. The summed E-state index contributed by atoms with van der Waals surface area (Å²) < 4.78 is 5.26. The molecule has 2 heterocycles. The second kappa shape index (κ2) is 6.16. The van der Waals surface area contributed by atoms with Crippen LogP contribution in [0.3, 0.4) is 0 Å². The molecule has 0 radical (unpaired) electrons. The summed E-state index contributed by atoms with van der Waals surface area (Å²) in [6, 6.07) is 15.2. The molecule has 0 saturated carbocycles. The molecular weight excluding hydrogens is 288 g/mol.